The van der Waals surface area contributed by atoms with Gasteiger partial charge in [-0.1, -0.05) is 12.1 Å². The fraction of sp³-hybridized carbons (Fsp3) is 0.211. The van der Waals surface area contributed by atoms with Crippen LogP contribution in [0, 0.1) is 17.1 Å². The van der Waals surface area contributed by atoms with Gasteiger partial charge >= 0.3 is 0 Å². The van der Waals surface area contributed by atoms with E-state index in [1.54, 1.807) is 12.3 Å². The van der Waals surface area contributed by atoms with Crippen molar-refractivity contribution in [1.29, 1.82) is 5.26 Å². The number of halogens is 1. The Balaban J connectivity index is 1.93. The molecular weight excluding hydrogens is 291 g/mol. The first kappa shape index (κ1) is 14.0. The van der Waals surface area contributed by atoms with Crippen LogP contribution >= 0.6 is 0 Å². The molecule has 3 nitrogen and oxygen atoms in total. The third kappa shape index (κ3) is 2.13. The number of benzene rings is 2. The van der Waals surface area contributed by atoms with Gasteiger partial charge in [0.25, 0.3) is 0 Å². The molecule has 0 N–H and O–H groups in total. The highest BCUT2D eigenvalue weighted by Crippen LogP contribution is 2.37. The summed E-state index contributed by atoms with van der Waals surface area (Å²) in [6, 6.07) is 13.1. The Bertz CT molecular complexity index is 938. The highest BCUT2D eigenvalue weighted by molar-refractivity contribution is 5.78. The van der Waals surface area contributed by atoms with Gasteiger partial charge in [0.2, 0.25) is 0 Å². The first-order valence-corrected chi connectivity index (χ1v) is 7.58. The van der Waals surface area contributed by atoms with Crippen molar-refractivity contribution in [3.63, 3.8) is 0 Å². The lowest BCUT2D eigenvalue weighted by Gasteiger charge is -2.35. The quantitative estimate of drug-likeness (QED) is 0.681. The largest absolute Gasteiger partial charge is 0.464 e. The van der Waals surface area contributed by atoms with E-state index in [9.17, 15) is 4.39 Å². The second-order valence-corrected chi connectivity index (χ2v) is 5.96. The predicted octanol–water partition coefficient (Wildman–Crippen LogP) is 4.02. The zero-order valence-electron chi connectivity index (χ0n) is 12.7. The number of nitriles is 1. The maximum absolute atomic E-state index is 14.8. The van der Waals surface area contributed by atoms with Crippen molar-refractivity contribution in [2.45, 2.75) is 12.5 Å². The average Bonchev–Trinajstić information content (AvgIpc) is 3.03. The maximum Gasteiger partial charge on any atom is 0.146 e. The van der Waals surface area contributed by atoms with Crippen molar-refractivity contribution in [1.82, 2.24) is 4.90 Å². The summed E-state index contributed by atoms with van der Waals surface area (Å²) in [7, 11) is 1.99. The molecule has 4 heteroatoms. The van der Waals surface area contributed by atoms with Crippen molar-refractivity contribution in [3.8, 4) is 6.07 Å². The molecule has 1 atom stereocenters. The first-order chi connectivity index (χ1) is 11.2. The Labute approximate surface area is 133 Å². The van der Waals surface area contributed by atoms with Crippen molar-refractivity contribution in [2.24, 2.45) is 0 Å². The number of hydrogen-bond acceptors (Lipinski definition) is 3. The van der Waals surface area contributed by atoms with Crippen LogP contribution in [0.1, 0.15) is 28.3 Å². The summed E-state index contributed by atoms with van der Waals surface area (Å²) in [5.74, 6) is -0.395. The Kier molecular flexibility index (Phi) is 3.17. The number of nitrogens with zero attached hydrogens (tertiary/aromatic N) is 2. The molecule has 0 saturated heterocycles. The standard InChI is InChI=1S/C19H15FN2O/c1-22-8-6-12-2-3-15(11-21)18(20)17(12)19(22)14-4-5-16-13(10-14)7-9-23-16/h2-5,7,9-10,19H,6,8H2,1H3. The van der Waals surface area contributed by atoms with Gasteiger partial charge in [-0.05, 0) is 48.9 Å². The second-order valence-electron chi connectivity index (χ2n) is 5.96. The van der Waals surface area contributed by atoms with Gasteiger partial charge in [0, 0.05) is 17.5 Å². The van der Waals surface area contributed by atoms with E-state index in [-0.39, 0.29) is 11.6 Å². The Morgan fingerprint density at radius 2 is 2.13 bits per heavy atom. The molecule has 1 aliphatic rings. The zero-order chi connectivity index (χ0) is 16.0. The smallest absolute Gasteiger partial charge is 0.146 e. The summed E-state index contributed by atoms with van der Waals surface area (Å²) >= 11 is 0. The molecule has 2 heterocycles. The van der Waals surface area contributed by atoms with Crippen LogP contribution in [0.3, 0.4) is 0 Å². The van der Waals surface area contributed by atoms with Gasteiger partial charge in [0.15, 0.2) is 0 Å². The van der Waals surface area contributed by atoms with E-state index in [0.717, 1.165) is 35.1 Å². The van der Waals surface area contributed by atoms with Crippen molar-refractivity contribution in [2.75, 3.05) is 13.6 Å². The molecule has 0 aliphatic carbocycles. The zero-order valence-corrected chi connectivity index (χ0v) is 12.7. The molecule has 0 radical (unpaired) electrons. The predicted molar refractivity (Wildman–Crippen MR) is 85.5 cm³/mol. The third-order valence-corrected chi connectivity index (χ3v) is 4.63. The van der Waals surface area contributed by atoms with Gasteiger partial charge in [-0.25, -0.2) is 4.39 Å². The lowest BCUT2D eigenvalue weighted by atomic mass is 9.86. The molecule has 0 amide bonds. The van der Waals surface area contributed by atoms with Crippen LogP contribution in [-0.2, 0) is 6.42 Å². The van der Waals surface area contributed by atoms with E-state index in [2.05, 4.69) is 4.90 Å². The summed E-state index contributed by atoms with van der Waals surface area (Å²) in [4.78, 5) is 2.13. The third-order valence-electron chi connectivity index (χ3n) is 4.63. The van der Waals surface area contributed by atoms with E-state index >= 15 is 0 Å². The topological polar surface area (TPSA) is 40.2 Å². The van der Waals surface area contributed by atoms with Gasteiger partial charge in [0.1, 0.15) is 17.5 Å². The van der Waals surface area contributed by atoms with Gasteiger partial charge in [-0.15, -0.1) is 0 Å². The van der Waals surface area contributed by atoms with Gasteiger partial charge < -0.3 is 4.42 Å². The molecule has 4 rings (SSSR count). The molecule has 114 valence electrons. The minimum Gasteiger partial charge on any atom is -0.464 e. The number of furan rings is 1. The molecule has 1 aromatic heterocycles. The fourth-order valence-corrected chi connectivity index (χ4v) is 3.46. The number of rotatable bonds is 1. The molecule has 23 heavy (non-hydrogen) atoms. The Hall–Kier alpha value is -2.64. The van der Waals surface area contributed by atoms with Crippen molar-refractivity contribution >= 4 is 11.0 Å². The van der Waals surface area contributed by atoms with Crippen molar-refractivity contribution < 1.29 is 8.81 Å². The SMILES string of the molecule is CN1CCc2ccc(C#N)c(F)c2C1c1ccc2occc2c1. The Morgan fingerprint density at radius 1 is 1.26 bits per heavy atom. The summed E-state index contributed by atoms with van der Waals surface area (Å²) in [5.41, 5.74) is 3.54. The monoisotopic (exact) mass is 306 g/mol. The van der Waals surface area contributed by atoms with Gasteiger partial charge in [-0.3, -0.25) is 4.90 Å². The molecule has 0 bridgehead atoms. The van der Waals surface area contributed by atoms with E-state index in [1.165, 1.54) is 0 Å². The van der Waals surface area contributed by atoms with Gasteiger partial charge in [0.05, 0.1) is 17.9 Å². The van der Waals surface area contributed by atoms with Gasteiger partial charge in [-0.2, -0.15) is 5.26 Å². The number of hydrogen-bond donors (Lipinski definition) is 0. The summed E-state index contributed by atoms with van der Waals surface area (Å²) < 4.78 is 20.2. The van der Waals surface area contributed by atoms with Crippen molar-refractivity contribution in [3.05, 3.63) is 70.7 Å². The molecule has 1 aliphatic heterocycles. The summed E-state index contributed by atoms with van der Waals surface area (Å²) in [6.45, 7) is 0.854. The molecule has 0 spiro atoms. The lowest BCUT2D eigenvalue weighted by molar-refractivity contribution is 0.258. The molecule has 2 aromatic carbocycles. The van der Waals surface area contributed by atoms with Crippen LogP contribution in [0.15, 0.2) is 47.1 Å². The summed E-state index contributed by atoms with van der Waals surface area (Å²) in [6.07, 6.45) is 2.44. The molecule has 3 aromatic rings. The van der Waals surface area contributed by atoms with Crippen LogP contribution in [0.5, 0.6) is 0 Å². The van der Waals surface area contributed by atoms with Crippen LogP contribution < -0.4 is 0 Å². The average molecular weight is 306 g/mol. The molecule has 1 unspecified atom stereocenters. The molecular formula is C19H15FN2O. The van der Waals surface area contributed by atoms with Crippen LogP contribution in [0.25, 0.3) is 11.0 Å². The van der Waals surface area contributed by atoms with E-state index in [0.29, 0.717) is 5.56 Å². The van der Waals surface area contributed by atoms with Crippen LogP contribution in [-0.4, -0.2) is 18.5 Å². The normalized spacial score (nSPS) is 17.9. The highest BCUT2D eigenvalue weighted by atomic mass is 19.1. The minimum absolute atomic E-state index is 0.105. The number of fused-ring (bicyclic) bond motifs is 2. The van der Waals surface area contributed by atoms with E-state index in [1.807, 2.05) is 43.4 Å². The fourth-order valence-electron chi connectivity index (χ4n) is 3.46. The van der Waals surface area contributed by atoms with E-state index < -0.39 is 5.82 Å². The molecule has 0 saturated carbocycles. The maximum atomic E-state index is 14.8. The molecule has 0 fully saturated rings. The second kappa shape index (κ2) is 5.22. The summed E-state index contributed by atoms with van der Waals surface area (Å²) in [5, 5.41) is 10.1. The lowest BCUT2D eigenvalue weighted by Crippen LogP contribution is -2.33. The van der Waals surface area contributed by atoms with Crippen LogP contribution in [0.4, 0.5) is 4.39 Å². The minimum atomic E-state index is -0.395. The number of likely N-dealkylation sites (N-methyl/N-ethyl adjacent to an activating group) is 1. The first-order valence-electron chi connectivity index (χ1n) is 7.58. The van der Waals surface area contributed by atoms with E-state index in [4.69, 9.17) is 9.68 Å². The highest BCUT2D eigenvalue weighted by Gasteiger charge is 2.30. The van der Waals surface area contributed by atoms with Crippen LogP contribution in [0.2, 0.25) is 0 Å². The Morgan fingerprint density at radius 3 is 2.96 bits per heavy atom.